The molecule has 0 N–H and O–H groups in total. The SMILES string of the molecule is C=C(C)C(=O)OCC([SiH3])(OC)OC. The summed E-state index contributed by atoms with van der Waals surface area (Å²) in [5, 5.41) is 0. The van der Waals surface area contributed by atoms with Crippen molar-refractivity contribution in [1.82, 2.24) is 0 Å². The lowest BCUT2D eigenvalue weighted by Crippen LogP contribution is -2.40. The van der Waals surface area contributed by atoms with Crippen LogP contribution in [-0.2, 0) is 19.0 Å². The molecule has 0 rings (SSSR count). The first-order chi connectivity index (χ1) is 5.95. The molecule has 0 aromatic carbocycles. The molecule has 4 nitrogen and oxygen atoms in total. The molecule has 0 heterocycles. The minimum Gasteiger partial charge on any atom is -0.457 e. The Morgan fingerprint density at radius 2 is 1.92 bits per heavy atom. The largest absolute Gasteiger partial charge is 0.457 e. The number of esters is 1. The Morgan fingerprint density at radius 3 is 2.23 bits per heavy atom. The summed E-state index contributed by atoms with van der Waals surface area (Å²) in [6, 6.07) is 0. The second kappa shape index (κ2) is 5.16. The van der Waals surface area contributed by atoms with Crippen molar-refractivity contribution in [2.75, 3.05) is 20.8 Å². The van der Waals surface area contributed by atoms with Crippen LogP contribution in [-0.4, -0.2) is 42.4 Å². The summed E-state index contributed by atoms with van der Waals surface area (Å²) in [5.41, 5.74) is -0.373. The summed E-state index contributed by atoms with van der Waals surface area (Å²) in [6.45, 7) is 5.17. The molecule has 0 saturated heterocycles. The predicted molar refractivity (Wildman–Crippen MR) is 52.5 cm³/mol. The van der Waals surface area contributed by atoms with E-state index in [0.29, 0.717) is 15.8 Å². The normalized spacial score (nSPS) is 11.3. The minimum atomic E-state index is -0.745. The van der Waals surface area contributed by atoms with Gasteiger partial charge in [-0.1, -0.05) is 6.58 Å². The lowest BCUT2D eigenvalue weighted by Gasteiger charge is -2.25. The van der Waals surface area contributed by atoms with Crippen LogP contribution in [0, 0.1) is 0 Å². The fourth-order valence-electron chi connectivity index (χ4n) is 0.521. The van der Waals surface area contributed by atoms with Gasteiger partial charge in [0.25, 0.3) is 0 Å². The highest BCUT2D eigenvalue weighted by molar-refractivity contribution is 6.13. The monoisotopic (exact) mass is 204 g/mol. The fraction of sp³-hybridized carbons (Fsp3) is 0.625. The predicted octanol–water partition coefficient (Wildman–Crippen LogP) is -0.582. The highest BCUT2D eigenvalue weighted by Crippen LogP contribution is 2.07. The Kier molecular flexibility index (Phi) is 4.90. The molecule has 0 fully saturated rings. The highest BCUT2D eigenvalue weighted by atomic mass is 28.1. The van der Waals surface area contributed by atoms with Crippen LogP contribution in [0.2, 0.25) is 0 Å². The van der Waals surface area contributed by atoms with Crippen LogP contribution in [0.1, 0.15) is 6.92 Å². The molecule has 0 aromatic rings. The van der Waals surface area contributed by atoms with Gasteiger partial charge < -0.3 is 14.2 Å². The molecular weight excluding hydrogens is 188 g/mol. The lowest BCUT2D eigenvalue weighted by atomic mass is 10.4. The molecule has 13 heavy (non-hydrogen) atoms. The standard InChI is InChI=1S/C8H16O4Si/c1-6(2)7(9)12-5-8(13,10-3)11-4/h1,5H2,2-4,13H3. The molecule has 5 heteroatoms. The molecule has 0 aliphatic rings. The van der Waals surface area contributed by atoms with Gasteiger partial charge in [0, 0.05) is 19.8 Å². The van der Waals surface area contributed by atoms with E-state index in [0.717, 1.165) is 0 Å². The molecule has 0 bridgehead atoms. The van der Waals surface area contributed by atoms with Crippen molar-refractivity contribution in [2.45, 2.75) is 12.3 Å². The minimum absolute atomic E-state index is 0.109. The summed E-state index contributed by atoms with van der Waals surface area (Å²) in [7, 11) is 3.66. The van der Waals surface area contributed by atoms with E-state index in [1.54, 1.807) is 6.92 Å². The topological polar surface area (TPSA) is 44.8 Å². The van der Waals surface area contributed by atoms with E-state index in [-0.39, 0.29) is 6.61 Å². The van der Waals surface area contributed by atoms with E-state index in [4.69, 9.17) is 14.2 Å². The quantitative estimate of drug-likeness (QED) is 0.260. The molecule has 0 aliphatic carbocycles. The summed E-state index contributed by atoms with van der Waals surface area (Å²) in [6.07, 6.45) is 0. The molecule has 0 spiro atoms. The van der Waals surface area contributed by atoms with Gasteiger partial charge in [0.05, 0.1) is 10.2 Å². The van der Waals surface area contributed by atoms with Gasteiger partial charge in [0.15, 0.2) is 5.41 Å². The van der Waals surface area contributed by atoms with Gasteiger partial charge in [0.2, 0.25) is 0 Å². The number of methoxy groups -OCH3 is 2. The fourth-order valence-corrected chi connectivity index (χ4v) is 0.665. The van der Waals surface area contributed by atoms with Crippen molar-refractivity contribution in [3.8, 4) is 0 Å². The van der Waals surface area contributed by atoms with Gasteiger partial charge in [-0.05, 0) is 6.92 Å². The number of carbonyl (C=O) groups is 1. The Morgan fingerprint density at radius 1 is 1.46 bits per heavy atom. The maximum atomic E-state index is 11.0. The second-order valence-corrected chi connectivity index (χ2v) is 4.42. The van der Waals surface area contributed by atoms with Gasteiger partial charge in [0.1, 0.15) is 6.61 Å². The average Bonchev–Trinajstić information content (AvgIpc) is 2.13. The second-order valence-electron chi connectivity index (χ2n) is 2.90. The van der Waals surface area contributed by atoms with Crippen molar-refractivity contribution in [1.29, 1.82) is 0 Å². The van der Waals surface area contributed by atoms with Crippen LogP contribution in [0.5, 0.6) is 0 Å². The van der Waals surface area contributed by atoms with Crippen LogP contribution in [0.4, 0.5) is 0 Å². The number of carbonyl (C=O) groups excluding carboxylic acids is 1. The third-order valence-corrected chi connectivity index (χ3v) is 2.78. The zero-order valence-electron chi connectivity index (χ0n) is 8.55. The zero-order valence-corrected chi connectivity index (χ0v) is 10.5. The Bertz CT molecular complexity index is 198. The summed E-state index contributed by atoms with van der Waals surface area (Å²) < 4.78 is 15.0. The summed E-state index contributed by atoms with van der Waals surface area (Å²) in [5.74, 6) is -0.422. The third kappa shape index (κ3) is 4.21. The number of rotatable bonds is 5. The molecule has 0 radical (unpaired) electrons. The first kappa shape index (κ1) is 12.3. The van der Waals surface area contributed by atoms with E-state index in [1.807, 2.05) is 0 Å². The van der Waals surface area contributed by atoms with Crippen LogP contribution in [0.3, 0.4) is 0 Å². The zero-order chi connectivity index (χ0) is 10.5. The highest BCUT2D eigenvalue weighted by Gasteiger charge is 2.24. The van der Waals surface area contributed by atoms with E-state index in [2.05, 4.69) is 6.58 Å². The molecule has 0 aromatic heterocycles. The maximum absolute atomic E-state index is 11.0. The number of hydrogen-bond acceptors (Lipinski definition) is 4. The molecule has 0 amide bonds. The Balaban J connectivity index is 4.00. The van der Waals surface area contributed by atoms with Gasteiger partial charge in [-0.25, -0.2) is 4.79 Å². The smallest absolute Gasteiger partial charge is 0.333 e. The average molecular weight is 204 g/mol. The van der Waals surface area contributed by atoms with Gasteiger partial charge in [-0.3, -0.25) is 0 Å². The first-order valence-electron chi connectivity index (χ1n) is 3.88. The molecular formula is C8H16O4Si. The number of ether oxygens (including phenoxy) is 3. The Hall–Kier alpha value is -0.653. The van der Waals surface area contributed by atoms with Gasteiger partial charge >= 0.3 is 5.97 Å². The molecule has 76 valence electrons. The molecule has 0 aliphatic heterocycles. The lowest BCUT2D eigenvalue weighted by molar-refractivity contribution is -0.183. The van der Waals surface area contributed by atoms with Crippen molar-refractivity contribution >= 4 is 16.2 Å². The van der Waals surface area contributed by atoms with Crippen molar-refractivity contribution in [3.05, 3.63) is 12.2 Å². The summed E-state index contributed by atoms with van der Waals surface area (Å²) in [4.78, 5) is 11.0. The van der Waals surface area contributed by atoms with Crippen LogP contribution in [0.15, 0.2) is 12.2 Å². The van der Waals surface area contributed by atoms with E-state index >= 15 is 0 Å². The van der Waals surface area contributed by atoms with Crippen LogP contribution in [0.25, 0.3) is 0 Å². The maximum Gasteiger partial charge on any atom is 0.333 e. The summed E-state index contributed by atoms with van der Waals surface area (Å²) >= 11 is 0. The van der Waals surface area contributed by atoms with Crippen LogP contribution < -0.4 is 0 Å². The third-order valence-electron chi connectivity index (χ3n) is 1.68. The van der Waals surface area contributed by atoms with Crippen molar-refractivity contribution in [2.24, 2.45) is 0 Å². The molecule has 0 saturated carbocycles. The van der Waals surface area contributed by atoms with Gasteiger partial charge in [-0.2, -0.15) is 0 Å². The Labute approximate surface area is 81.3 Å². The van der Waals surface area contributed by atoms with E-state index < -0.39 is 11.4 Å². The van der Waals surface area contributed by atoms with E-state index in [1.165, 1.54) is 14.2 Å². The number of hydrogen-bond donors (Lipinski definition) is 0. The van der Waals surface area contributed by atoms with Crippen LogP contribution >= 0.6 is 0 Å². The first-order valence-corrected chi connectivity index (χ1v) is 4.88. The molecule has 0 unspecified atom stereocenters. The van der Waals surface area contributed by atoms with Crippen molar-refractivity contribution in [3.63, 3.8) is 0 Å². The van der Waals surface area contributed by atoms with Crippen molar-refractivity contribution < 1.29 is 19.0 Å². The van der Waals surface area contributed by atoms with E-state index in [9.17, 15) is 4.79 Å². The van der Waals surface area contributed by atoms with Gasteiger partial charge in [-0.15, -0.1) is 0 Å². The molecule has 0 atom stereocenters.